The molecule has 16 heavy (non-hydrogen) atoms. The number of nitrogens with two attached hydrogens (primary N) is 2. The van der Waals surface area contributed by atoms with Crippen LogP contribution in [0.3, 0.4) is 0 Å². The molecule has 0 atom stereocenters. The van der Waals surface area contributed by atoms with Crippen molar-refractivity contribution in [3.63, 3.8) is 0 Å². The van der Waals surface area contributed by atoms with E-state index in [1.807, 2.05) is 0 Å². The van der Waals surface area contributed by atoms with Crippen LogP contribution in [0.1, 0.15) is 0 Å². The third kappa shape index (κ3) is 263000. The topological polar surface area (TPSA) is 348 Å². The second-order valence-corrected chi connectivity index (χ2v) is 1.86. The maximum atomic E-state index is 8.66. The van der Waals surface area contributed by atoms with Crippen molar-refractivity contribution in [1.29, 1.82) is 5.41 Å². The number of hydrogen-bond acceptors (Lipinski definition) is 4. The van der Waals surface area contributed by atoms with Gasteiger partial charge in [-0.05, 0) is 0 Å². The Morgan fingerprint density at radius 1 is 1.00 bits per heavy atom. The summed E-state index contributed by atoms with van der Waals surface area (Å²) in [4.78, 5) is 24.3. The Labute approximate surface area is 106 Å². The van der Waals surface area contributed by atoms with E-state index in [2.05, 4.69) is 11.5 Å². The van der Waals surface area contributed by atoms with Crippen molar-refractivity contribution in [1.82, 2.24) is 0 Å². The zero-order valence-corrected chi connectivity index (χ0v) is 10.3. The average Bonchev–Trinajstić information content (AvgIpc) is 1.19. The van der Waals surface area contributed by atoms with Crippen LogP contribution in [0.15, 0.2) is 0 Å². The number of nitrogens with one attached hydrogen (secondary N) is 1. The molecule has 0 bridgehead atoms. The van der Waals surface area contributed by atoms with Crippen LogP contribution in [-0.4, -0.2) is 66.8 Å². The molecule has 0 aromatic heterocycles. The summed E-state index contributed by atoms with van der Waals surface area (Å²) in [7, 11) is -5.14. The summed E-state index contributed by atoms with van der Waals surface area (Å²) >= 11 is 0. The Bertz CT molecular complexity index is 126. The summed E-state index contributed by atoms with van der Waals surface area (Å²) in [5.41, 5.74) is 8.94. The van der Waals surface area contributed by atoms with Crippen molar-refractivity contribution in [3.05, 3.63) is 0 Å². The molecule has 0 aliphatic heterocycles. The van der Waals surface area contributed by atoms with Gasteiger partial charge in [0.25, 0.3) is 0 Å². The van der Waals surface area contributed by atoms with Crippen LogP contribution in [0.5, 0.6) is 0 Å². The zero-order valence-electron chi connectivity index (χ0n) is 7.98. The van der Waals surface area contributed by atoms with Gasteiger partial charge >= 0.3 is 23.1 Å². The van der Waals surface area contributed by atoms with Crippen LogP contribution in [0.4, 0.5) is 0 Å². The number of guanidine groups is 1. The second-order valence-electron chi connectivity index (χ2n) is 0.924. The van der Waals surface area contributed by atoms with Gasteiger partial charge in [-0.15, -0.1) is 0 Å². The molecule has 0 fully saturated rings. The summed E-state index contributed by atoms with van der Waals surface area (Å²) in [5, 5.41) is 6.06. The maximum Gasteiger partial charge on any atom is 2.00 e. The van der Waals surface area contributed by atoms with Crippen LogP contribution >= 0.6 is 7.82 Å². The first-order valence-corrected chi connectivity index (χ1v) is 3.07. The fourth-order valence-electron chi connectivity index (χ4n) is 0. The van der Waals surface area contributed by atoms with Gasteiger partial charge in [0, 0.05) is 0 Å². The number of phosphoric acid groups is 1. The summed E-state index contributed by atoms with van der Waals surface area (Å²) in [6.07, 6.45) is 0. The van der Waals surface area contributed by atoms with Crippen molar-refractivity contribution in [2.45, 2.75) is 0 Å². The maximum absolute atomic E-state index is 8.66. The van der Waals surface area contributed by atoms with E-state index in [0.29, 0.717) is 0 Å². The molecule has 0 radical (unpaired) electrons. The fourth-order valence-corrected chi connectivity index (χ4v) is 0. The number of rotatable bonds is 0. The first-order chi connectivity index (χ1) is 3.73. The standard InChI is InChI=1S/CH5N3.Mg.H3O4P.6H2O/c2-1(3)4;;1-5(2,3)4;;;;;;/h(H5,2,3,4);;(H3,1,2,3,4);6*1H2/q;+2;;;;;;;/p-2. The summed E-state index contributed by atoms with van der Waals surface area (Å²) in [6.45, 7) is 0. The molecule has 0 amide bonds. The molecular weight excluding hydrogens is 269 g/mol. The Balaban J connectivity index is -0.00000000614. The van der Waals surface area contributed by atoms with Crippen LogP contribution in [0.2, 0.25) is 0 Å². The minimum Gasteiger partial charge on any atom is -0.790 e. The minimum atomic E-state index is -5.14. The van der Waals surface area contributed by atoms with Crippen LogP contribution in [-0.2, 0) is 4.57 Å². The minimum absolute atomic E-state index is 0. The predicted octanol–water partition coefficient (Wildman–Crippen LogP) is -8.68. The van der Waals surface area contributed by atoms with Gasteiger partial charge in [-0.2, -0.15) is 0 Å². The largest absolute Gasteiger partial charge is 2.00 e. The number of hydrogen-bond donors (Lipinski definition) is 4. The summed E-state index contributed by atoms with van der Waals surface area (Å²) < 4.78 is 8.66. The molecule has 104 valence electrons. The first kappa shape index (κ1) is 74.1. The van der Waals surface area contributed by atoms with Crippen molar-refractivity contribution < 1.29 is 52.1 Å². The van der Waals surface area contributed by atoms with Crippen molar-refractivity contribution >= 4 is 36.8 Å². The Hall–Kier alpha value is -0.0938. The second kappa shape index (κ2) is 36.3. The molecule has 0 aromatic rings. The monoisotopic (exact) mass is 287 g/mol. The average molecular weight is 287 g/mol. The third-order valence-electron chi connectivity index (χ3n) is 0. The van der Waals surface area contributed by atoms with E-state index in [4.69, 9.17) is 24.7 Å². The van der Waals surface area contributed by atoms with E-state index in [1.165, 1.54) is 0 Å². The van der Waals surface area contributed by atoms with Gasteiger partial charge < -0.3 is 63.6 Å². The molecule has 0 spiro atoms. The zero-order chi connectivity index (χ0) is 8.08. The fraction of sp³-hybridized carbons (Fsp3) is 0. The van der Waals surface area contributed by atoms with Gasteiger partial charge in [0.2, 0.25) is 0 Å². The summed E-state index contributed by atoms with van der Waals surface area (Å²) in [5.74, 6) is -0.333. The predicted molar refractivity (Wildman–Crippen MR) is 53.4 cm³/mol. The quantitative estimate of drug-likeness (QED) is 0.145. The van der Waals surface area contributed by atoms with Crippen molar-refractivity contribution in [2.24, 2.45) is 11.5 Å². The van der Waals surface area contributed by atoms with Crippen LogP contribution in [0.25, 0.3) is 0 Å². The van der Waals surface area contributed by atoms with E-state index < -0.39 is 7.82 Å². The summed E-state index contributed by atoms with van der Waals surface area (Å²) in [6, 6.07) is 0. The molecule has 0 heterocycles. The molecule has 18 N–H and O–H groups in total. The molecular formula is CH18MgN3O10P. The first-order valence-electron chi connectivity index (χ1n) is 1.58. The normalized spacial score (nSPS) is 5.19. The smallest absolute Gasteiger partial charge is 0.790 e. The molecule has 0 aliphatic carbocycles. The molecule has 0 aliphatic rings. The van der Waals surface area contributed by atoms with E-state index in [1.54, 1.807) is 0 Å². The Morgan fingerprint density at radius 2 is 1.00 bits per heavy atom. The van der Waals surface area contributed by atoms with Gasteiger partial charge in [0.1, 0.15) is 0 Å². The molecule has 0 saturated carbocycles. The van der Waals surface area contributed by atoms with Crippen LogP contribution < -0.4 is 21.3 Å². The Morgan fingerprint density at radius 3 is 1.00 bits per heavy atom. The van der Waals surface area contributed by atoms with Gasteiger partial charge in [-0.1, -0.05) is 0 Å². The molecule has 0 rings (SSSR count). The molecule has 13 nitrogen and oxygen atoms in total. The van der Waals surface area contributed by atoms with Gasteiger partial charge in [-0.25, -0.2) is 0 Å². The van der Waals surface area contributed by atoms with E-state index >= 15 is 0 Å². The molecule has 0 aromatic carbocycles. The molecule has 0 unspecified atom stereocenters. The third-order valence-corrected chi connectivity index (χ3v) is 0. The van der Waals surface area contributed by atoms with Crippen molar-refractivity contribution in [3.8, 4) is 0 Å². The molecule has 15 heteroatoms. The van der Waals surface area contributed by atoms with Gasteiger partial charge in [-0.3, -0.25) is 5.41 Å². The van der Waals surface area contributed by atoms with Gasteiger partial charge in [0.05, 0.1) is 7.82 Å². The SMILES string of the molecule is N=C(N)N.O.O.O.O.O.O.O=P([O-])([O-])O.[Mg+2]. The van der Waals surface area contributed by atoms with Gasteiger partial charge in [0.15, 0.2) is 5.96 Å². The van der Waals surface area contributed by atoms with Crippen LogP contribution in [0, 0.1) is 5.41 Å². The molecule has 0 saturated heterocycles. The van der Waals surface area contributed by atoms with E-state index in [9.17, 15) is 0 Å². The van der Waals surface area contributed by atoms with E-state index in [-0.39, 0.29) is 61.9 Å². The van der Waals surface area contributed by atoms with E-state index in [0.717, 1.165) is 0 Å². The Kier molecular flexibility index (Phi) is 168. The van der Waals surface area contributed by atoms with Crippen molar-refractivity contribution in [2.75, 3.05) is 0 Å².